The Hall–Kier alpha value is -0.860. The summed E-state index contributed by atoms with van der Waals surface area (Å²) in [6, 6.07) is 9.65. The van der Waals surface area contributed by atoms with Crippen LogP contribution in [0.5, 0.6) is 0 Å². The van der Waals surface area contributed by atoms with E-state index in [9.17, 15) is 0 Å². The Morgan fingerprint density at radius 2 is 1.89 bits per heavy atom. The van der Waals surface area contributed by atoms with Crippen LogP contribution < -0.4 is 5.73 Å². The molecule has 2 unspecified atom stereocenters. The molecule has 2 N–H and O–H groups in total. The summed E-state index contributed by atoms with van der Waals surface area (Å²) in [6.45, 7) is 12.3. The van der Waals surface area contributed by atoms with Crippen LogP contribution in [0.1, 0.15) is 51.3 Å². The lowest BCUT2D eigenvalue weighted by atomic mass is 9.86. The average molecular weight is 260 g/mol. The zero-order valence-electron chi connectivity index (χ0n) is 12.8. The maximum absolute atomic E-state index is 5.78. The van der Waals surface area contributed by atoms with Crippen molar-refractivity contribution in [1.29, 1.82) is 0 Å². The highest BCUT2D eigenvalue weighted by atomic mass is 15.2. The lowest BCUT2D eigenvalue weighted by Crippen LogP contribution is -2.26. The molecule has 2 heteroatoms. The first kappa shape index (κ1) is 14.5. The Balaban J connectivity index is 2.06. The minimum absolute atomic E-state index is 0.236. The molecule has 1 aromatic carbocycles. The Labute approximate surface area is 118 Å². The molecule has 0 aliphatic carbocycles. The SMILES string of the molecule is CC(c1ccc(C(C)(C)C)cc1)N1CCC(CN)C1. The molecule has 0 aromatic heterocycles. The first-order chi connectivity index (χ1) is 8.91. The Morgan fingerprint density at radius 1 is 1.26 bits per heavy atom. The maximum atomic E-state index is 5.78. The van der Waals surface area contributed by atoms with Crippen LogP contribution >= 0.6 is 0 Å². The molecule has 106 valence electrons. The molecular formula is C17H28N2. The monoisotopic (exact) mass is 260 g/mol. The first-order valence-corrected chi connectivity index (χ1v) is 7.46. The van der Waals surface area contributed by atoms with Gasteiger partial charge in [-0.15, -0.1) is 0 Å². The van der Waals surface area contributed by atoms with Gasteiger partial charge >= 0.3 is 0 Å². The van der Waals surface area contributed by atoms with Gasteiger partial charge in [0, 0.05) is 12.6 Å². The van der Waals surface area contributed by atoms with E-state index in [1.165, 1.54) is 24.1 Å². The quantitative estimate of drug-likeness (QED) is 0.903. The van der Waals surface area contributed by atoms with Crippen LogP contribution in [0, 0.1) is 5.92 Å². The van der Waals surface area contributed by atoms with Gasteiger partial charge in [-0.1, -0.05) is 45.0 Å². The van der Waals surface area contributed by atoms with Crippen molar-refractivity contribution in [2.75, 3.05) is 19.6 Å². The smallest absolute Gasteiger partial charge is 0.0320 e. The Bertz CT molecular complexity index is 402. The zero-order chi connectivity index (χ0) is 14.0. The van der Waals surface area contributed by atoms with Gasteiger partial charge in [-0.05, 0) is 48.9 Å². The molecule has 0 spiro atoms. The summed E-state index contributed by atoms with van der Waals surface area (Å²) in [5.74, 6) is 0.691. The minimum Gasteiger partial charge on any atom is -0.330 e. The van der Waals surface area contributed by atoms with Gasteiger partial charge in [-0.25, -0.2) is 0 Å². The zero-order valence-corrected chi connectivity index (χ0v) is 12.8. The second-order valence-electron chi connectivity index (χ2n) is 6.93. The van der Waals surface area contributed by atoms with Crippen molar-refractivity contribution in [3.63, 3.8) is 0 Å². The van der Waals surface area contributed by atoms with Crippen LogP contribution in [0.4, 0.5) is 0 Å². The van der Waals surface area contributed by atoms with Gasteiger partial charge in [0.25, 0.3) is 0 Å². The van der Waals surface area contributed by atoms with E-state index in [0.717, 1.165) is 13.1 Å². The van der Waals surface area contributed by atoms with Crippen molar-refractivity contribution in [2.45, 2.75) is 45.6 Å². The summed E-state index contributed by atoms with van der Waals surface area (Å²) < 4.78 is 0. The van der Waals surface area contributed by atoms with E-state index in [1.807, 2.05) is 0 Å². The summed E-state index contributed by atoms with van der Waals surface area (Å²) in [6.07, 6.45) is 1.25. The number of nitrogens with zero attached hydrogens (tertiary/aromatic N) is 1. The maximum Gasteiger partial charge on any atom is 0.0320 e. The second-order valence-corrected chi connectivity index (χ2v) is 6.93. The van der Waals surface area contributed by atoms with Gasteiger partial charge in [0.05, 0.1) is 0 Å². The lowest BCUT2D eigenvalue weighted by Gasteiger charge is -2.26. The third-order valence-corrected chi connectivity index (χ3v) is 4.46. The van der Waals surface area contributed by atoms with E-state index in [0.29, 0.717) is 12.0 Å². The summed E-state index contributed by atoms with van der Waals surface area (Å²) in [7, 11) is 0. The fraction of sp³-hybridized carbons (Fsp3) is 0.647. The number of rotatable bonds is 3. The van der Waals surface area contributed by atoms with Crippen LogP contribution in [0.3, 0.4) is 0 Å². The summed E-state index contributed by atoms with van der Waals surface area (Å²) in [5, 5.41) is 0. The van der Waals surface area contributed by atoms with E-state index in [4.69, 9.17) is 5.73 Å². The molecule has 2 nitrogen and oxygen atoms in total. The molecule has 19 heavy (non-hydrogen) atoms. The van der Waals surface area contributed by atoms with Crippen molar-refractivity contribution in [3.05, 3.63) is 35.4 Å². The van der Waals surface area contributed by atoms with Crippen LogP contribution in [0.25, 0.3) is 0 Å². The molecule has 1 aliphatic rings. The number of likely N-dealkylation sites (tertiary alicyclic amines) is 1. The number of benzene rings is 1. The molecule has 2 atom stereocenters. The van der Waals surface area contributed by atoms with E-state index in [2.05, 4.69) is 56.9 Å². The fourth-order valence-corrected chi connectivity index (χ4v) is 2.88. The highest BCUT2D eigenvalue weighted by Crippen LogP contribution is 2.29. The number of nitrogens with two attached hydrogens (primary N) is 1. The van der Waals surface area contributed by atoms with E-state index in [-0.39, 0.29) is 5.41 Å². The van der Waals surface area contributed by atoms with Crippen molar-refractivity contribution in [2.24, 2.45) is 11.7 Å². The molecule has 0 radical (unpaired) electrons. The topological polar surface area (TPSA) is 29.3 Å². The number of hydrogen-bond donors (Lipinski definition) is 1. The molecule has 1 saturated heterocycles. The van der Waals surface area contributed by atoms with E-state index >= 15 is 0 Å². The predicted octanol–water partition coefficient (Wildman–Crippen LogP) is 3.33. The predicted molar refractivity (Wildman–Crippen MR) is 82.3 cm³/mol. The van der Waals surface area contributed by atoms with Gasteiger partial charge in [-0.3, -0.25) is 4.90 Å². The van der Waals surface area contributed by atoms with Gasteiger partial charge in [0.1, 0.15) is 0 Å². The summed E-state index contributed by atoms with van der Waals surface area (Å²) in [4.78, 5) is 2.56. The van der Waals surface area contributed by atoms with Crippen LogP contribution in [0.2, 0.25) is 0 Å². The fourth-order valence-electron chi connectivity index (χ4n) is 2.88. The van der Waals surface area contributed by atoms with E-state index < -0.39 is 0 Å². The van der Waals surface area contributed by atoms with Crippen molar-refractivity contribution in [3.8, 4) is 0 Å². The van der Waals surface area contributed by atoms with Crippen molar-refractivity contribution >= 4 is 0 Å². The molecular weight excluding hydrogens is 232 g/mol. The van der Waals surface area contributed by atoms with Gasteiger partial charge < -0.3 is 5.73 Å². The third-order valence-electron chi connectivity index (χ3n) is 4.46. The van der Waals surface area contributed by atoms with Gasteiger partial charge in [-0.2, -0.15) is 0 Å². The van der Waals surface area contributed by atoms with Gasteiger partial charge in [0.2, 0.25) is 0 Å². The molecule has 2 rings (SSSR count). The lowest BCUT2D eigenvalue weighted by molar-refractivity contribution is 0.253. The second kappa shape index (κ2) is 5.64. The minimum atomic E-state index is 0.236. The molecule has 0 amide bonds. The Kier molecular flexibility index (Phi) is 4.32. The van der Waals surface area contributed by atoms with Crippen LogP contribution in [0.15, 0.2) is 24.3 Å². The average Bonchev–Trinajstić information content (AvgIpc) is 2.86. The van der Waals surface area contributed by atoms with Crippen LogP contribution in [-0.4, -0.2) is 24.5 Å². The van der Waals surface area contributed by atoms with Crippen molar-refractivity contribution in [1.82, 2.24) is 4.90 Å². The normalized spacial score (nSPS) is 22.7. The highest BCUT2D eigenvalue weighted by Gasteiger charge is 2.26. The molecule has 0 saturated carbocycles. The molecule has 1 fully saturated rings. The largest absolute Gasteiger partial charge is 0.330 e. The van der Waals surface area contributed by atoms with Gasteiger partial charge in [0.15, 0.2) is 0 Å². The molecule has 0 bridgehead atoms. The summed E-state index contributed by atoms with van der Waals surface area (Å²) in [5.41, 5.74) is 8.84. The van der Waals surface area contributed by atoms with Crippen molar-refractivity contribution < 1.29 is 0 Å². The Morgan fingerprint density at radius 3 is 2.37 bits per heavy atom. The van der Waals surface area contributed by atoms with E-state index in [1.54, 1.807) is 0 Å². The summed E-state index contributed by atoms with van der Waals surface area (Å²) >= 11 is 0. The highest BCUT2D eigenvalue weighted by molar-refractivity contribution is 5.29. The molecule has 1 heterocycles. The number of hydrogen-bond acceptors (Lipinski definition) is 2. The molecule has 1 aliphatic heterocycles. The third kappa shape index (κ3) is 3.37. The van der Waals surface area contributed by atoms with Crippen LogP contribution in [-0.2, 0) is 5.41 Å². The molecule has 1 aromatic rings. The first-order valence-electron chi connectivity index (χ1n) is 7.46. The standard InChI is InChI=1S/C17H28N2/c1-13(19-10-9-14(11-18)12-19)15-5-7-16(8-6-15)17(2,3)4/h5-8,13-14H,9-12,18H2,1-4H3.